The molecular formula is C11H13BrN2O3. The summed E-state index contributed by atoms with van der Waals surface area (Å²) in [7, 11) is 1.47. The number of amides is 2. The number of carbonyl (C=O) groups excluding carboxylic acids is 2. The number of carbonyl (C=O) groups is 2. The summed E-state index contributed by atoms with van der Waals surface area (Å²) in [6.45, 7) is 1.52. The highest BCUT2D eigenvalue weighted by molar-refractivity contribution is 9.10. The Balaban J connectivity index is 2.92. The Morgan fingerprint density at radius 3 is 2.65 bits per heavy atom. The zero-order valence-corrected chi connectivity index (χ0v) is 11.1. The van der Waals surface area contributed by atoms with E-state index in [1.807, 2.05) is 0 Å². The SMILES string of the molecule is COc1cc(Br)ccc1C(=O)NC(C)C(N)=O. The number of nitrogens with one attached hydrogen (secondary N) is 1. The van der Waals surface area contributed by atoms with Gasteiger partial charge in [0.15, 0.2) is 0 Å². The highest BCUT2D eigenvalue weighted by Gasteiger charge is 2.17. The summed E-state index contributed by atoms with van der Waals surface area (Å²) >= 11 is 3.27. The maximum Gasteiger partial charge on any atom is 0.255 e. The van der Waals surface area contributed by atoms with Gasteiger partial charge in [-0.25, -0.2) is 0 Å². The van der Waals surface area contributed by atoms with E-state index < -0.39 is 17.9 Å². The van der Waals surface area contributed by atoms with Crippen molar-refractivity contribution < 1.29 is 14.3 Å². The summed E-state index contributed by atoms with van der Waals surface area (Å²) in [5, 5.41) is 2.48. The molecule has 0 aliphatic heterocycles. The molecule has 0 saturated carbocycles. The van der Waals surface area contributed by atoms with Crippen molar-refractivity contribution >= 4 is 27.7 Å². The molecule has 1 rings (SSSR count). The van der Waals surface area contributed by atoms with Crippen molar-refractivity contribution in [3.63, 3.8) is 0 Å². The third-order valence-electron chi connectivity index (χ3n) is 2.18. The van der Waals surface area contributed by atoms with E-state index >= 15 is 0 Å². The highest BCUT2D eigenvalue weighted by Crippen LogP contribution is 2.23. The molecule has 17 heavy (non-hydrogen) atoms. The summed E-state index contributed by atoms with van der Waals surface area (Å²) in [6, 6.07) is 4.26. The number of ether oxygens (including phenoxy) is 1. The standard InChI is InChI=1S/C11H13BrN2O3/c1-6(10(13)15)14-11(16)8-4-3-7(12)5-9(8)17-2/h3-6H,1-2H3,(H2,13,15)(H,14,16). The molecule has 92 valence electrons. The highest BCUT2D eigenvalue weighted by atomic mass is 79.9. The molecule has 0 spiro atoms. The average molecular weight is 301 g/mol. The van der Waals surface area contributed by atoms with E-state index in [4.69, 9.17) is 10.5 Å². The fourth-order valence-electron chi connectivity index (χ4n) is 1.20. The van der Waals surface area contributed by atoms with Crippen LogP contribution in [0.1, 0.15) is 17.3 Å². The third-order valence-corrected chi connectivity index (χ3v) is 2.68. The molecule has 5 nitrogen and oxygen atoms in total. The monoisotopic (exact) mass is 300 g/mol. The minimum atomic E-state index is -0.726. The number of hydrogen-bond donors (Lipinski definition) is 2. The molecule has 0 bridgehead atoms. The molecule has 0 saturated heterocycles. The molecule has 2 amide bonds. The minimum absolute atomic E-state index is 0.351. The molecule has 0 fully saturated rings. The largest absolute Gasteiger partial charge is 0.496 e. The van der Waals surface area contributed by atoms with Gasteiger partial charge in [0.05, 0.1) is 12.7 Å². The number of hydrogen-bond acceptors (Lipinski definition) is 3. The van der Waals surface area contributed by atoms with Gasteiger partial charge in [0.25, 0.3) is 5.91 Å². The Morgan fingerprint density at radius 2 is 2.12 bits per heavy atom. The van der Waals surface area contributed by atoms with E-state index in [1.54, 1.807) is 18.2 Å². The lowest BCUT2D eigenvalue weighted by Crippen LogP contribution is -2.42. The number of nitrogens with two attached hydrogens (primary N) is 1. The van der Waals surface area contributed by atoms with Crippen LogP contribution >= 0.6 is 15.9 Å². The summed E-state index contributed by atoms with van der Waals surface area (Å²) in [6.07, 6.45) is 0. The van der Waals surface area contributed by atoms with Crippen LogP contribution in [0.25, 0.3) is 0 Å². The number of rotatable bonds is 4. The average Bonchev–Trinajstić information content (AvgIpc) is 2.28. The lowest BCUT2D eigenvalue weighted by Gasteiger charge is -2.12. The summed E-state index contributed by atoms with van der Waals surface area (Å²) in [5.41, 5.74) is 5.42. The molecule has 1 unspecified atom stereocenters. The van der Waals surface area contributed by atoms with Crippen molar-refractivity contribution in [3.05, 3.63) is 28.2 Å². The van der Waals surface area contributed by atoms with Crippen LogP contribution in [0.2, 0.25) is 0 Å². The Labute approximate surface area is 107 Å². The molecule has 0 radical (unpaired) electrons. The zero-order chi connectivity index (χ0) is 13.0. The van der Waals surface area contributed by atoms with Crippen molar-refractivity contribution in [1.82, 2.24) is 5.32 Å². The molecule has 0 aromatic heterocycles. The number of methoxy groups -OCH3 is 1. The van der Waals surface area contributed by atoms with E-state index in [0.717, 1.165) is 4.47 Å². The molecule has 0 aliphatic rings. The van der Waals surface area contributed by atoms with Gasteiger partial charge in [-0.1, -0.05) is 15.9 Å². The predicted molar refractivity (Wildman–Crippen MR) is 66.8 cm³/mol. The van der Waals surface area contributed by atoms with E-state index in [-0.39, 0.29) is 0 Å². The van der Waals surface area contributed by atoms with Crippen molar-refractivity contribution in [3.8, 4) is 5.75 Å². The Morgan fingerprint density at radius 1 is 1.47 bits per heavy atom. The molecule has 1 aromatic carbocycles. The van der Waals surface area contributed by atoms with Crippen molar-refractivity contribution in [2.24, 2.45) is 5.73 Å². The van der Waals surface area contributed by atoms with Crippen molar-refractivity contribution in [2.75, 3.05) is 7.11 Å². The van der Waals surface area contributed by atoms with Gasteiger partial charge in [0.1, 0.15) is 11.8 Å². The smallest absolute Gasteiger partial charge is 0.255 e. The quantitative estimate of drug-likeness (QED) is 0.872. The first kappa shape index (κ1) is 13.5. The van der Waals surface area contributed by atoms with Gasteiger partial charge < -0.3 is 15.8 Å². The number of primary amides is 1. The van der Waals surface area contributed by atoms with Crippen LogP contribution in [0.15, 0.2) is 22.7 Å². The van der Waals surface area contributed by atoms with Crippen molar-refractivity contribution in [1.29, 1.82) is 0 Å². The van der Waals surface area contributed by atoms with Crippen LogP contribution in [-0.4, -0.2) is 25.0 Å². The van der Waals surface area contributed by atoms with E-state index in [0.29, 0.717) is 11.3 Å². The third kappa shape index (κ3) is 3.45. The van der Waals surface area contributed by atoms with Crippen LogP contribution in [0.4, 0.5) is 0 Å². The first-order valence-corrected chi connectivity index (χ1v) is 5.68. The molecule has 6 heteroatoms. The maximum absolute atomic E-state index is 11.8. The first-order valence-electron chi connectivity index (χ1n) is 4.89. The van der Waals surface area contributed by atoms with Gasteiger partial charge in [-0.3, -0.25) is 9.59 Å². The zero-order valence-electron chi connectivity index (χ0n) is 9.49. The molecule has 1 aromatic rings. The molecule has 3 N–H and O–H groups in total. The second-order valence-corrected chi connectivity index (χ2v) is 4.36. The second kappa shape index (κ2) is 5.67. The van der Waals surface area contributed by atoms with Crippen LogP contribution < -0.4 is 15.8 Å². The summed E-state index contributed by atoms with van der Waals surface area (Å²) in [5.74, 6) is -0.566. The van der Waals surface area contributed by atoms with E-state index in [9.17, 15) is 9.59 Å². The normalized spacial score (nSPS) is 11.7. The number of halogens is 1. The van der Waals surface area contributed by atoms with Crippen LogP contribution in [0.5, 0.6) is 5.75 Å². The molecule has 0 heterocycles. The second-order valence-electron chi connectivity index (χ2n) is 3.44. The molecule has 1 atom stereocenters. The van der Waals surface area contributed by atoms with Gasteiger partial charge in [0.2, 0.25) is 5.91 Å². The van der Waals surface area contributed by atoms with Gasteiger partial charge >= 0.3 is 0 Å². The van der Waals surface area contributed by atoms with Gasteiger partial charge in [-0.15, -0.1) is 0 Å². The maximum atomic E-state index is 11.8. The van der Waals surface area contributed by atoms with Gasteiger partial charge in [-0.05, 0) is 25.1 Å². The minimum Gasteiger partial charge on any atom is -0.496 e. The van der Waals surface area contributed by atoms with E-state index in [1.165, 1.54) is 14.0 Å². The topological polar surface area (TPSA) is 81.4 Å². The van der Waals surface area contributed by atoms with Crippen LogP contribution in [0, 0.1) is 0 Å². The Hall–Kier alpha value is -1.56. The first-order chi connectivity index (χ1) is 7.95. The van der Waals surface area contributed by atoms with Gasteiger partial charge in [0, 0.05) is 4.47 Å². The lowest BCUT2D eigenvalue weighted by atomic mass is 10.1. The number of benzene rings is 1. The predicted octanol–water partition coefficient (Wildman–Crippen LogP) is 1.06. The van der Waals surface area contributed by atoms with Crippen LogP contribution in [-0.2, 0) is 4.79 Å². The summed E-state index contributed by atoms with van der Waals surface area (Å²) in [4.78, 5) is 22.7. The van der Waals surface area contributed by atoms with Crippen LogP contribution in [0.3, 0.4) is 0 Å². The molecule has 0 aliphatic carbocycles. The molecular weight excluding hydrogens is 288 g/mol. The fraction of sp³-hybridized carbons (Fsp3) is 0.273. The fourth-order valence-corrected chi connectivity index (χ4v) is 1.54. The Bertz CT molecular complexity index is 448. The van der Waals surface area contributed by atoms with E-state index in [2.05, 4.69) is 21.2 Å². The van der Waals surface area contributed by atoms with Gasteiger partial charge in [-0.2, -0.15) is 0 Å². The Kier molecular flexibility index (Phi) is 4.51. The lowest BCUT2D eigenvalue weighted by molar-refractivity contribution is -0.119. The van der Waals surface area contributed by atoms with Crippen molar-refractivity contribution in [2.45, 2.75) is 13.0 Å². The summed E-state index contributed by atoms with van der Waals surface area (Å²) < 4.78 is 5.88.